The van der Waals surface area contributed by atoms with Gasteiger partial charge in [0.05, 0.1) is 0 Å². The third-order valence-corrected chi connectivity index (χ3v) is 5.35. The van der Waals surface area contributed by atoms with E-state index < -0.39 is 0 Å². The van der Waals surface area contributed by atoms with Crippen molar-refractivity contribution in [2.45, 2.75) is 64.6 Å². The van der Waals surface area contributed by atoms with Gasteiger partial charge < -0.3 is 0 Å². The highest BCUT2D eigenvalue weighted by atomic mass is 15.3. The first-order valence-corrected chi connectivity index (χ1v) is 8.70. The standard InChI is InChI=1S/C19H30N2/c1-15(2)18-9-7-17(8-10-18)13-21-14-19-6-4-5-11-20(19)12-16(21)3/h7-10,15-16,19H,4-6,11-14H2,1-3H3. The highest BCUT2D eigenvalue weighted by Crippen LogP contribution is 2.25. The number of benzene rings is 1. The van der Waals surface area contributed by atoms with Crippen molar-refractivity contribution < 1.29 is 0 Å². The van der Waals surface area contributed by atoms with Crippen LogP contribution in [-0.2, 0) is 6.54 Å². The summed E-state index contributed by atoms with van der Waals surface area (Å²) in [6.45, 7) is 11.9. The average molecular weight is 286 g/mol. The molecular formula is C19H30N2. The molecule has 2 unspecified atom stereocenters. The maximum absolute atomic E-state index is 2.73. The van der Waals surface area contributed by atoms with Gasteiger partial charge in [0.1, 0.15) is 0 Å². The Labute approximate surface area is 130 Å². The lowest BCUT2D eigenvalue weighted by atomic mass is 9.96. The Bertz CT molecular complexity index is 451. The molecule has 0 spiro atoms. The number of hydrogen-bond acceptors (Lipinski definition) is 2. The van der Waals surface area contributed by atoms with E-state index in [1.807, 2.05) is 0 Å². The predicted octanol–water partition coefficient (Wildman–Crippen LogP) is 3.87. The lowest BCUT2D eigenvalue weighted by Gasteiger charge is -2.47. The maximum Gasteiger partial charge on any atom is 0.0237 e. The van der Waals surface area contributed by atoms with Crippen LogP contribution in [0.2, 0.25) is 0 Å². The highest BCUT2D eigenvalue weighted by Gasteiger charge is 2.32. The van der Waals surface area contributed by atoms with E-state index in [1.165, 1.54) is 50.0 Å². The van der Waals surface area contributed by atoms with Crippen LogP contribution in [0.5, 0.6) is 0 Å². The number of piperidine rings is 1. The van der Waals surface area contributed by atoms with Crippen LogP contribution >= 0.6 is 0 Å². The normalized spacial score (nSPS) is 27.8. The molecule has 0 saturated carbocycles. The number of rotatable bonds is 3. The summed E-state index contributed by atoms with van der Waals surface area (Å²) in [5.74, 6) is 0.628. The maximum atomic E-state index is 2.73. The lowest BCUT2D eigenvalue weighted by Crippen LogP contribution is -2.58. The second-order valence-electron chi connectivity index (χ2n) is 7.32. The summed E-state index contributed by atoms with van der Waals surface area (Å²) in [6.07, 6.45) is 4.22. The SMILES string of the molecule is CC(C)c1ccc(CN2CC3CCCCN3CC2C)cc1. The zero-order valence-electron chi connectivity index (χ0n) is 13.9. The van der Waals surface area contributed by atoms with E-state index in [-0.39, 0.29) is 0 Å². The van der Waals surface area contributed by atoms with Crippen LogP contribution in [0, 0.1) is 0 Å². The minimum Gasteiger partial charge on any atom is -0.298 e. The largest absolute Gasteiger partial charge is 0.298 e. The molecule has 2 heterocycles. The van der Waals surface area contributed by atoms with E-state index in [4.69, 9.17) is 0 Å². The fourth-order valence-corrected chi connectivity index (χ4v) is 3.88. The van der Waals surface area contributed by atoms with Crippen molar-refractivity contribution in [2.75, 3.05) is 19.6 Å². The molecule has 3 rings (SSSR count). The van der Waals surface area contributed by atoms with Crippen LogP contribution in [0.25, 0.3) is 0 Å². The van der Waals surface area contributed by atoms with Crippen LogP contribution in [0.15, 0.2) is 24.3 Å². The van der Waals surface area contributed by atoms with Gasteiger partial charge in [0.2, 0.25) is 0 Å². The van der Waals surface area contributed by atoms with Gasteiger partial charge in [-0.1, -0.05) is 44.5 Å². The molecule has 21 heavy (non-hydrogen) atoms. The Morgan fingerprint density at radius 1 is 1.10 bits per heavy atom. The Balaban J connectivity index is 1.63. The first-order valence-electron chi connectivity index (χ1n) is 8.70. The summed E-state index contributed by atoms with van der Waals surface area (Å²) in [7, 11) is 0. The molecule has 0 aliphatic carbocycles. The van der Waals surface area contributed by atoms with Crippen molar-refractivity contribution in [1.29, 1.82) is 0 Å². The summed E-state index contributed by atoms with van der Waals surface area (Å²) in [6, 6.07) is 10.8. The topological polar surface area (TPSA) is 6.48 Å². The van der Waals surface area contributed by atoms with E-state index in [1.54, 1.807) is 0 Å². The zero-order chi connectivity index (χ0) is 14.8. The molecule has 0 aromatic heterocycles. The molecule has 0 N–H and O–H groups in total. The smallest absolute Gasteiger partial charge is 0.0237 e. The fourth-order valence-electron chi connectivity index (χ4n) is 3.88. The van der Waals surface area contributed by atoms with Gasteiger partial charge in [0, 0.05) is 31.7 Å². The minimum atomic E-state index is 0.628. The summed E-state index contributed by atoms with van der Waals surface area (Å²) >= 11 is 0. The van der Waals surface area contributed by atoms with Gasteiger partial charge in [0.25, 0.3) is 0 Å². The summed E-state index contributed by atoms with van der Waals surface area (Å²) in [5.41, 5.74) is 2.92. The third-order valence-electron chi connectivity index (χ3n) is 5.35. The van der Waals surface area contributed by atoms with Crippen LogP contribution in [0.1, 0.15) is 57.1 Å². The summed E-state index contributed by atoms with van der Waals surface area (Å²) in [4.78, 5) is 5.42. The average Bonchev–Trinajstić information content (AvgIpc) is 2.48. The first kappa shape index (κ1) is 15.1. The number of hydrogen-bond donors (Lipinski definition) is 0. The highest BCUT2D eigenvalue weighted by molar-refractivity contribution is 5.24. The molecule has 2 atom stereocenters. The molecule has 116 valence electrons. The van der Waals surface area contributed by atoms with Crippen LogP contribution in [0.4, 0.5) is 0 Å². The van der Waals surface area contributed by atoms with Gasteiger partial charge >= 0.3 is 0 Å². The molecule has 2 saturated heterocycles. The van der Waals surface area contributed by atoms with Crippen LogP contribution < -0.4 is 0 Å². The van der Waals surface area contributed by atoms with Crippen molar-refractivity contribution in [2.24, 2.45) is 0 Å². The number of nitrogens with zero attached hydrogens (tertiary/aromatic N) is 2. The van der Waals surface area contributed by atoms with Gasteiger partial charge in [-0.05, 0) is 43.4 Å². The molecule has 2 aliphatic rings. The molecule has 2 fully saturated rings. The Hall–Kier alpha value is -0.860. The number of piperazine rings is 1. The number of fused-ring (bicyclic) bond motifs is 1. The van der Waals surface area contributed by atoms with E-state index in [0.29, 0.717) is 12.0 Å². The molecule has 0 bridgehead atoms. The predicted molar refractivity (Wildman–Crippen MR) is 89.6 cm³/mol. The second-order valence-corrected chi connectivity index (χ2v) is 7.32. The van der Waals surface area contributed by atoms with Crippen molar-refractivity contribution >= 4 is 0 Å². The molecule has 0 amide bonds. The van der Waals surface area contributed by atoms with Crippen molar-refractivity contribution in [3.05, 3.63) is 35.4 Å². The molecule has 2 heteroatoms. The summed E-state index contributed by atoms with van der Waals surface area (Å²) < 4.78 is 0. The Morgan fingerprint density at radius 2 is 1.86 bits per heavy atom. The molecule has 2 aliphatic heterocycles. The lowest BCUT2D eigenvalue weighted by molar-refractivity contribution is 0.0111. The molecule has 2 nitrogen and oxygen atoms in total. The van der Waals surface area contributed by atoms with E-state index in [0.717, 1.165) is 12.6 Å². The van der Waals surface area contributed by atoms with E-state index >= 15 is 0 Å². The minimum absolute atomic E-state index is 0.628. The Morgan fingerprint density at radius 3 is 2.57 bits per heavy atom. The van der Waals surface area contributed by atoms with Crippen molar-refractivity contribution in [1.82, 2.24) is 9.80 Å². The van der Waals surface area contributed by atoms with Gasteiger partial charge in [0.15, 0.2) is 0 Å². The van der Waals surface area contributed by atoms with Crippen LogP contribution in [-0.4, -0.2) is 41.5 Å². The monoisotopic (exact) mass is 286 g/mol. The first-order chi connectivity index (χ1) is 10.1. The quantitative estimate of drug-likeness (QED) is 0.832. The second kappa shape index (κ2) is 6.50. The molecule has 0 radical (unpaired) electrons. The summed E-state index contributed by atoms with van der Waals surface area (Å²) in [5, 5.41) is 0. The van der Waals surface area contributed by atoms with Crippen molar-refractivity contribution in [3.8, 4) is 0 Å². The van der Waals surface area contributed by atoms with Gasteiger partial charge in [-0.25, -0.2) is 0 Å². The molecule has 1 aromatic rings. The van der Waals surface area contributed by atoms with Crippen molar-refractivity contribution in [3.63, 3.8) is 0 Å². The Kier molecular flexibility index (Phi) is 4.66. The van der Waals surface area contributed by atoms with Gasteiger partial charge in [-0.3, -0.25) is 9.80 Å². The molecule has 1 aromatic carbocycles. The molecular weight excluding hydrogens is 256 g/mol. The van der Waals surface area contributed by atoms with E-state index in [9.17, 15) is 0 Å². The van der Waals surface area contributed by atoms with Gasteiger partial charge in [-0.2, -0.15) is 0 Å². The van der Waals surface area contributed by atoms with Gasteiger partial charge in [-0.15, -0.1) is 0 Å². The van der Waals surface area contributed by atoms with E-state index in [2.05, 4.69) is 54.8 Å². The fraction of sp³-hybridized carbons (Fsp3) is 0.684. The zero-order valence-corrected chi connectivity index (χ0v) is 13.9. The van der Waals surface area contributed by atoms with Crippen LogP contribution in [0.3, 0.4) is 0 Å². The third kappa shape index (κ3) is 3.49.